The van der Waals surface area contributed by atoms with Crippen LogP contribution in [-0.2, 0) is 4.79 Å². The Morgan fingerprint density at radius 1 is 1.44 bits per heavy atom. The monoisotopic (exact) mass is 217 g/mol. The predicted molar refractivity (Wildman–Crippen MR) is 65.9 cm³/mol. The van der Waals surface area contributed by atoms with Gasteiger partial charge in [-0.25, -0.2) is 0 Å². The van der Waals surface area contributed by atoms with E-state index in [2.05, 4.69) is 37.0 Å². The molecule has 1 aliphatic heterocycles. The molecule has 2 unspecified atom stereocenters. The van der Waals surface area contributed by atoms with Gasteiger partial charge in [-0.15, -0.1) is 0 Å². The number of carbonyl (C=O) groups excluding carboxylic acids is 1. The van der Waals surface area contributed by atoms with Crippen molar-refractivity contribution in [2.45, 2.75) is 26.8 Å². The van der Waals surface area contributed by atoms with E-state index in [0.717, 1.165) is 5.57 Å². The van der Waals surface area contributed by atoms with Crippen molar-refractivity contribution in [3.63, 3.8) is 0 Å². The zero-order valence-electron chi connectivity index (χ0n) is 10.4. The molecule has 0 aromatic carbocycles. The van der Waals surface area contributed by atoms with E-state index in [1.807, 2.05) is 13.2 Å². The number of rotatable bonds is 2. The van der Waals surface area contributed by atoms with Crippen molar-refractivity contribution >= 4 is 5.78 Å². The van der Waals surface area contributed by atoms with Crippen LogP contribution in [-0.4, -0.2) is 23.8 Å². The molecule has 0 aromatic rings. The SMILES string of the molecule is CC(=O)C1=CN(C)C2C=C(C(C)C)C=CC12. The number of ketones is 1. The van der Waals surface area contributed by atoms with Crippen LogP contribution < -0.4 is 0 Å². The molecule has 2 nitrogen and oxygen atoms in total. The first kappa shape index (κ1) is 11.2. The molecule has 2 heteroatoms. The number of fused-ring (bicyclic) bond motifs is 1. The summed E-state index contributed by atoms with van der Waals surface area (Å²) in [7, 11) is 2.04. The number of likely N-dealkylation sites (N-methyl/N-ethyl adjacent to an activating group) is 1. The van der Waals surface area contributed by atoms with E-state index in [1.54, 1.807) is 6.92 Å². The first-order valence-corrected chi connectivity index (χ1v) is 5.85. The maximum absolute atomic E-state index is 11.5. The molecule has 0 aromatic heterocycles. The van der Waals surface area contributed by atoms with Crippen LogP contribution in [0.2, 0.25) is 0 Å². The first-order valence-electron chi connectivity index (χ1n) is 5.85. The number of Topliss-reactive ketones (excluding diaryl/α,β-unsaturated/α-hetero) is 1. The molecular weight excluding hydrogens is 198 g/mol. The largest absolute Gasteiger partial charge is 0.373 e. The Balaban J connectivity index is 2.29. The second-order valence-electron chi connectivity index (χ2n) is 5.00. The van der Waals surface area contributed by atoms with Crippen molar-refractivity contribution in [3.05, 3.63) is 35.6 Å². The normalized spacial score (nSPS) is 27.9. The summed E-state index contributed by atoms with van der Waals surface area (Å²) in [4.78, 5) is 13.7. The Morgan fingerprint density at radius 2 is 2.12 bits per heavy atom. The summed E-state index contributed by atoms with van der Waals surface area (Å²) in [5.41, 5.74) is 2.30. The van der Waals surface area contributed by atoms with E-state index < -0.39 is 0 Å². The van der Waals surface area contributed by atoms with Gasteiger partial charge in [-0.1, -0.05) is 32.1 Å². The zero-order valence-corrected chi connectivity index (χ0v) is 10.4. The van der Waals surface area contributed by atoms with Crippen LogP contribution in [0.5, 0.6) is 0 Å². The number of hydrogen-bond donors (Lipinski definition) is 0. The smallest absolute Gasteiger partial charge is 0.157 e. The van der Waals surface area contributed by atoms with Gasteiger partial charge >= 0.3 is 0 Å². The summed E-state index contributed by atoms with van der Waals surface area (Å²) in [6, 6.07) is 0.335. The number of carbonyl (C=O) groups is 1. The van der Waals surface area contributed by atoms with Crippen molar-refractivity contribution < 1.29 is 4.79 Å². The van der Waals surface area contributed by atoms with Gasteiger partial charge in [0.05, 0.1) is 6.04 Å². The molecule has 0 fully saturated rings. The summed E-state index contributed by atoms with van der Waals surface area (Å²) < 4.78 is 0. The highest BCUT2D eigenvalue weighted by molar-refractivity contribution is 5.94. The van der Waals surface area contributed by atoms with Crippen LogP contribution >= 0.6 is 0 Å². The third kappa shape index (κ3) is 1.73. The molecule has 0 spiro atoms. The summed E-state index contributed by atoms with van der Waals surface area (Å²) in [6.07, 6.45) is 8.63. The highest BCUT2D eigenvalue weighted by Crippen LogP contribution is 2.35. The van der Waals surface area contributed by atoms with E-state index in [4.69, 9.17) is 0 Å². The highest BCUT2D eigenvalue weighted by Gasteiger charge is 2.34. The molecule has 1 heterocycles. The minimum Gasteiger partial charge on any atom is -0.373 e. The van der Waals surface area contributed by atoms with E-state index in [1.165, 1.54) is 5.57 Å². The lowest BCUT2D eigenvalue weighted by Crippen LogP contribution is -2.29. The summed E-state index contributed by atoms with van der Waals surface area (Å²) in [6.45, 7) is 6.05. The lowest BCUT2D eigenvalue weighted by molar-refractivity contribution is -0.113. The van der Waals surface area contributed by atoms with E-state index in [9.17, 15) is 4.79 Å². The molecule has 1 aliphatic carbocycles. The number of hydrogen-bond acceptors (Lipinski definition) is 2. The van der Waals surface area contributed by atoms with Gasteiger partial charge in [0.25, 0.3) is 0 Å². The Morgan fingerprint density at radius 3 is 2.69 bits per heavy atom. The maximum atomic E-state index is 11.5. The van der Waals surface area contributed by atoms with E-state index >= 15 is 0 Å². The molecule has 0 radical (unpaired) electrons. The number of nitrogens with zero attached hydrogens (tertiary/aromatic N) is 1. The summed E-state index contributed by atoms with van der Waals surface area (Å²) in [5, 5.41) is 0. The van der Waals surface area contributed by atoms with Gasteiger partial charge in [0, 0.05) is 24.7 Å². The molecule has 0 saturated heterocycles. The molecule has 2 aliphatic rings. The van der Waals surface area contributed by atoms with Crippen molar-refractivity contribution in [2.75, 3.05) is 7.05 Å². The highest BCUT2D eigenvalue weighted by atomic mass is 16.1. The van der Waals surface area contributed by atoms with Crippen molar-refractivity contribution in [3.8, 4) is 0 Å². The van der Waals surface area contributed by atoms with Crippen LogP contribution in [0.25, 0.3) is 0 Å². The molecule has 16 heavy (non-hydrogen) atoms. The first-order chi connectivity index (χ1) is 7.50. The average molecular weight is 217 g/mol. The van der Waals surface area contributed by atoms with Gasteiger partial charge < -0.3 is 4.90 Å². The van der Waals surface area contributed by atoms with Crippen LogP contribution in [0.4, 0.5) is 0 Å². The summed E-state index contributed by atoms with van der Waals surface area (Å²) >= 11 is 0. The average Bonchev–Trinajstić information content (AvgIpc) is 2.56. The fraction of sp³-hybridized carbons (Fsp3) is 0.500. The maximum Gasteiger partial charge on any atom is 0.157 e. The van der Waals surface area contributed by atoms with Gasteiger partial charge in [-0.2, -0.15) is 0 Å². The second kappa shape index (κ2) is 3.93. The van der Waals surface area contributed by atoms with Gasteiger partial charge in [0.15, 0.2) is 5.78 Å². The van der Waals surface area contributed by atoms with E-state index in [-0.39, 0.29) is 11.7 Å². The van der Waals surface area contributed by atoms with Crippen LogP contribution in [0.15, 0.2) is 35.6 Å². The molecule has 86 valence electrons. The Hall–Kier alpha value is -1.31. The molecular formula is C14H19NO. The third-order valence-electron chi connectivity index (χ3n) is 3.47. The number of allylic oxidation sites excluding steroid dienone is 2. The zero-order chi connectivity index (χ0) is 11.9. The van der Waals surface area contributed by atoms with Crippen LogP contribution in [0, 0.1) is 11.8 Å². The molecule has 0 amide bonds. The fourth-order valence-electron chi connectivity index (χ4n) is 2.45. The lowest BCUT2D eigenvalue weighted by atomic mass is 9.84. The van der Waals surface area contributed by atoms with Gasteiger partial charge in [-0.05, 0) is 18.4 Å². The van der Waals surface area contributed by atoms with Crippen molar-refractivity contribution in [1.82, 2.24) is 4.90 Å². The van der Waals surface area contributed by atoms with Gasteiger partial charge in [0.2, 0.25) is 0 Å². The second-order valence-corrected chi connectivity index (χ2v) is 5.00. The Kier molecular flexibility index (Phi) is 2.75. The lowest BCUT2D eigenvalue weighted by Gasteiger charge is -2.27. The Bertz CT molecular complexity index is 401. The topological polar surface area (TPSA) is 20.3 Å². The molecule has 0 bridgehead atoms. The Labute approximate surface area is 97.3 Å². The van der Waals surface area contributed by atoms with Crippen molar-refractivity contribution in [1.29, 1.82) is 0 Å². The molecule has 0 N–H and O–H groups in total. The molecule has 0 saturated carbocycles. The van der Waals surface area contributed by atoms with Gasteiger partial charge in [0.1, 0.15) is 0 Å². The third-order valence-corrected chi connectivity index (χ3v) is 3.47. The minimum absolute atomic E-state index is 0.186. The van der Waals surface area contributed by atoms with Gasteiger partial charge in [-0.3, -0.25) is 4.79 Å². The quantitative estimate of drug-likeness (QED) is 0.708. The molecule has 2 atom stereocenters. The van der Waals surface area contributed by atoms with Crippen LogP contribution in [0.1, 0.15) is 20.8 Å². The minimum atomic E-state index is 0.186. The van der Waals surface area contributed by atoms with E-state index in [0.29, 0.717) is 12.0 Å². The fourth-order valence-corrected chi connectivity index (χ4v) is 2.45. The van der Waals surface area contributed by atoms with Crippen LogP contribution in [0.3, 0.4) is 0 Å². The molecule has 2 rings (SSSR count). The summed E-state index contributed by atoms with van der Waals surface area (Å²) in [5.74, 6) is 0.988. The standard InChI is InChI=1S/C14H19NO/c1-9(2)11-5-6-12-13(10(3)16)8-15(4)14(12)7-11/h5-9,12,14H,1-4H3. The predicted octanol–water partition coefficient (Wildman–Crippen LogP) is 2.54. The van der Waals surface area contributed by atoms with Crippen molar-refractivity contribution in [2.24, 2.45) is 11.8 Å².